The molecule has 6 aliphatic rings. The Bertz CT molecular complexity index is 3370. The number of nitrogens with two attached hydrogens (primary N) is 2. The maximum Gasteiger partial charge on any atom is 0.569 e. The largest absolute Gasteiger partial charge is 0.569 e. The van der Waals surface area contributed by atoms with Crippen molar-refractivity contribution >= 4 is 47.3 Å². The number of benzene rings is 6. The van der Waals surface area contributed by atoms with Gasteiger partial charge in [-0.1, -0.05) is 88.7 Å². The van der Waals surface area contributed by atoms with E-state index in [1.807, 2.05) is 60.7 Å². The van der Waals surface area contributed by atoms with E-state index in [9.17, 15) is 14.9 Å². The molecular weight excluding hydrogens is 995 g/mol. The van der Waals surface area contributed by atoms with E-state index in [1.54, 1.807) is 38.4 Å². The van der Waals surface area contributed by atoms with Crippen LogP contribution >= 0.6 is 15.9 Å². The maximum absolute atomic E-state index is 13.8. The molecule has 0 fully saturated rings. The van der Waals surface area contributed by atoms with Gasteiger partial charge < -0.3 is 30.6 Å². The molecular formula is C58H53BBrN8O6. The van der Waals surface area contributed by atoms with Gasteiger partial charge in [-0.05, 0) is 133 Å². The van der Waals surface area contributed by atoms with Gasteiger partial charge in [-0.25, -0.2) is 9.98 Å². The Morgan fingerprint density at radius 3 is 1.64 bits per heavy atom. The van der Waals surface area contributed by atoms with Crippen LogP contribution in [0.5, 0.6) is 17.2 Å². The molecule has 4 spiro atoms. The third-order valence-corrected chi connectivity index (χ3v) is 15.6. The number of fused-ring (bicyclic) bond motifs is 6. The van der Waals surface area contributed by atoms with Crippen molar-refractivity contribution < 1.29 is 28.7 Å². The summed E-state index contributed by atoms with van der Waals surface area (Å²) < 4.78 is 19.0. The normalized spacial score (nSPS) is 23.8. The molecule has 5 N–H and O–H groups in total. The zero-order valence-electron chi connectivity index (χ0n) is 41.1. The SMILES string of the molecule is CN1C(=O)C2(CC3(CCCc4ccccc4C3)Oc3ccc(-c4cccc(C#N)c4)cc32)N=C1N.CN1C(=O)C2(CC3(CCCc4ccccc4C3)Oc3ccc(Br)cc32)N=C1N.N#Cc1cccc(O[B]O)c1. The topological polar surface area (TPSA) is 213 Å². The second-order valence-corrected chi connectivity index (χ2v) is 20.7. The summed E-state index contributed by atoms with van der Waals surface area (Å²) in [5.41, 5.74) is 18.9. The molecule has 12 rings (SSSR count). The highest BCUT2D eigenvalue weighted by molar-refractivity contribution is 9.10. The highest BCUT2D eigenvalue weighted by atomic mass is 79.9. The number of carbonyl (C=O) groups excluding carboxylic acids is 2. The standard InChI is InChI=1S/C29H26N4O2.C22H22BrN3O2.C7H5BNO2/c1-33-26(34)29(32-27(33)31)18-28(13-5-10-20-7-2-3-8-23(20)16-28)35-25-12-11-22(15-24(25)29)21-9-4-6-19(14-21)17-30;1-26-19(27)22(25-20(26)24)13-21(28-18-9-8-16(23)11-17(18)22)10-4-7-14-5-2-3-6-15(14)12-21;9-5-6-2-1-3-7(4-6)11-8-10/h2-4,6-9,11-12,14-15H,5,10,13,16,18H2,1H3,(H2,31,32);2-3,5-6,8-9,11H,4,7,10,12-13H2,1H3,(H2,24,25);1-4,10H. The Morgan fingerprint density at radius 1 is 0.635 bits per heavy atom. The van der Waals surface area contributed by atoms with Crippen LogP contribution in [0.2, 0.25) is 0 Å². The number of likely N-dealkylation sites (N-methyl/N-ethyl adjacent to an activating group) is 2. The lowest BCUT2D eigenvalue weighted by Crippen LogP contribution is -2.52. The number of hydrogen-bond donors (Lipinski definition) is 3. The number of carbonyl (C=O) groups is 2. The first-order valence-electron chi connectivity index (χ1n) is 24.6. The number of aliphatic imine (C=N–C) groups is 2. The molecule has 371 valence electrons. The Morgan fingerprint density at radius 2 is 1.12 bits per heavy atom. The van der Waals surface area contributed by atoms with Gasteiger partial charge in [0.2, 0.25) is 0 Å². The molecule has 4 aliphatic heterocycles. The minimum atomic E-state index is -1.13. The third kappa shape index (κ3) is 9.14. The zero-order chi connectivity index (χ0) is 51.8. The average molecular weight is 1050 g/mol. The number of amides is 2. The highest BCUT2D eigenvalue weighted by Crippen LogP contribution is 2.54. The summed E-state index contributed by atoms with van der Waals surface area (Å²) in [4.78, 5) is 39.7. The first-order chi connectivity index (χ1) is 35.7. The molecule has 2 amide bonds. The zero-order valence-corrected chi connectivity index (χ0v) is 42.6. The maximum atomic E-state index is 13.8. The molecule has 0 bridgehead atoms. The summed E-state index contributed by atoms with van der Waals surface area (Å²) in [5.74, 6) is 2.14. The Labute approximate surface area is 439 Å². The minimum Gasteiger partial charge on any atom is -0.537 e. The van der Waals surface area contributed by atoms with Crippen molar-refractivity contribution in [2.24, 2.45) is 21.5 Å². The van der Waals surface area contributed by atoms with Crippen molar-refractivity contribution in [2.75, 3.05) is 14.1 Å². The van der Waals surface area contributed by atoms with Gasteiger partial charge >= 0.3 is 7.69 Å². The van der Waals surface area contributed by atoms with Crippen molar-refractivity contribution in [3.8, 4) is 40.5 Å². The number of aryl methyl sites for hydroxylation is 2. The molecule has 1 radical (unpaired) electrons. The predicted octanol–water partition coefficient (Wildman–Crippen LogP) is 8.30. The smallest absolute Gasteiger partial charge is 0.537 e. The number of halogens is 1. The van der Waals surface area contributed by atoms with Crippen LogP contribution in [0.25, 0.3) is 11.1 Å². The summed E-state index contributed by atoms with van der Waals surface area (Å²) in [7, 11) is 3.95. The average Bonchev–Trinajstić information content (AvgIpc) is 3.59. The summed E-state index contributed by atoms with van der Waals surface area (Å²) in [6, 6.07) is 46.9. The van der Waals surface area contributed by atoms with Crippen LogP contribution in [0, 0.1) is 22.7 Å². The molecule has 4 unspecified atom stereocenters. The molecule has 2 aliphatic carbocycles. The number of hydrogen-bond acceptors (Lipinski definition) is 12. The first-order valence-corrected chi connectivity index (χ1v) is 25.4. The number of nitriles is 2. The van der Waals surface area contributed by atoms with E-state index in [0.29, 0.717) is 43.2 Å². The van der Waals surface area contributed by atoms with E-state index in [1.165, 1.54) is 38.1 Å². The highest BCUT2D eigenvalue weighted by Gasteiger charge is 2.60. The van der Waals surface area contributed by atoms with Crippen LogP contribution in [-0.4, -0.2) is 71.5 Å². The lowest BCUT2D eigenvalue weighted by Gasteiger charge is -2.45. The van der Waals surface area contributed by atoms with Gasteiger partial charge in [-0.15, -0.1) is 0 Å². The molecule has 4 atom stereocenters. The fourth-order valence-electron chi connectivity index (χ4n) is 11.6. The van der Waals surface area contributed by atoms with E-state index in [-0.39, 0.29) is 23.7 Å². The van der Waals surface area contributed by atoms with Crippen molar-refractivity contribution in [3.05, 3.63) is 182 Å². The summed E-state index contributed by atoms with van der Waals surface area (Å²) in [6.07, 6.45) is 8.17. The second kappa shape index (κ2) is 19.8. The number of ether oxygens (including phenoxy) is 2. The van der Waals surface area contributed by atoms with Crippen LogP contribution in [0.15, 0.2) is 148 Å². The van der Waals surface area contributed by atoms with Crippen LogP contribution in [0.3, 0.4) is 0 Å². The molecule has 0 saturated heterocycles. The van der Waals surface area contributed by atoms with Crippen molar-refractivity contribution in [2.45, 2.75) is 86.5 Å². The predicted molar refractivity (Wildman–Crippen MR) is 285 cm³/mol. The van der Waals surface area contributed by atoms with Gasteiger partial charge in [0.1, 0.15) is 28.5 Å². The van der Waals surface area contributed by atoms with Gasteiger partial charge in [-0.2, -0.15) is 10.5 Å². The number of rotatable bonds is 3. The van der Waals surface area contributed by atoms with E-state index in [2.05, 4.69) is 75.2 Å². The lowest BCUT2D eigenvalue weighted by atomic mass is 9.72. The molecule has 6 aromatic rings. The van der Waals surface area contributed by atoms with E-state index < -0.39 is 22.3 Å². The number of guanidine groups is 2. The monoisotopic (exact) mass is 1050 g/mol. The van der Waals surface area contributed by atoms with E-state index >= 15 is 0 Å². The molecule has 6 aromatic carbocycles. The van der Waals surface area contributed by atoms with E-state index in [0.717, 1.165) is 83.8 Å². The molecule has 74 heavy (non-hydrogen) atoms. The first kappa shape index (κ1) is 49.7. The Kier molecular flexibility index (Phi) is 13.3. The molecule has 0 saturated carbocycles. The Hall–Kier alpha value is -7.92. The quantitative estimate of drug-likeness (QED) is 0.144. The summed E-state index contributed by atoms with van der Waals surface area (Å²) in [5, 5.41) is 26.0. The molecule has 0 aromatic heterocycles. The van der Waals surface area contributed by atoms with Gasteiger partial charge in [0.15, 0.2) is 23.0 Å². The van der Waals surface area contributed by atoms with Crippen LogP contribution < -0.4 is 25.6 Å². The van der Waals surface area contributed by atoms with Gasteiger partial charge in [0.25, 0.3) is 11.8 Å². The summed E-state index contributed by atoms with van der Waals surface area (Å²) in [6.45, 7) is 0. The third-order valence-electron chi connectivity index (χ3n) is 15.1. The molecule has 4 heterocycles. The van der Waals surface area contributed by atoms with Crippen molar-refractivity contribution in [1.29, 1.82) is 10.5 Å². The van der Waals surface area contributed by atoms with E-state index in [4.69, 9.17) is 41.2 Å². The van der Waals surface area contributed by atoms with Crippen molar-refractivity contribution in [1.82, 2.24) is 9.80 Å². The fraction of sp³-hybridized carbons (Fsp3) is 0.276. The Balaban J connectivity index is 0.000000143. The van der Waals surface area contributed by atoms with Crippen LogP contribution in [0.4, 0.5) is 0 Å². The second-order valence-electron chi connectivity index (χ2n) is 19.8. The summed E-state index contributed by atoms with van der Waals surface area (Å²) >= 11 is 3.53. The van der Waals surface area contributed by atoms with Crippen LogP contribution in [0.1, 0.15) is 83.0 Å². The fourth-order valence-corrected chi connectivity index (χ4v) is 12.0. The number of nitrogens with zero attached hydrogens (tertiary/aromatic N) is 6. The van der Waals surface area contributed by atoms with Gasteiger partial charge in [0, 0.05) is 55.4 Å². The van der Waals surface area contributed by atoms with Gasteiger partial charge in [-0.3, -0.25) is 19.4 Å². The minimum absolute atomic E-state index is 0.0791. The van der Waals surface area contributed by atoms with Crippen LogP contribution in [-0.2, 0) is 46.4 Å². The van der Waals surface area contributed by atoms with Crippen molar-refractivity contribution in [3.63, 3.8) is 0 Å². The molecule has 14 nitrogen and oxygen atoms in total. The lowest BCUT2D eigenvalue weighted by molar-refractivity contribution is -0.135. The van der Waals surface area contributed by atoms with Gasteiger partial charge in [0.05, 0.1) is 23.3 Å². The molecule has 16 heteroatoms.